The Labute approximate surface area is 128 Å². The van der Waals surface area contributed by atoms with E-state index in [1.807, 2.05) is 24.3 Å². The van der Waals surface area contributed by atoms with E-state index in [0.29, 0.717) is 18.3 Å². The van der Waals surface area contributed by atoms with E-state index in [1.165, 1.54) is 0 Å². The van der Waals surface area contributed by atoms with Gasteiger partial charge in [0.25, 0.3) is 0 Å². The Bertz CT molecular complexity index is 566. The van der Waals surface area contributed by atoms with Crippen LogP contribution in [0.15, 0.2) is 33.2 Å². The van der Waals surface area contributed by atoms with Gasteiger partial charge in [0.1, 0.15) is 0 Å². The van der Waals surface area contributed by atoms with Crippen LogP contribution in [-0.4, -0.2) is 16.7 Å². The zero-order chi connectivity index (χ0) is 14.6. The minimum Gasteiger partial charge on any atom is -0.419 e. The van der Waals surface area contributed by atoms with Gasteiger partial charge in [-0.1, -0.05) is 32.9 Å². The molecule has 0 atom stereocenters. The molecule has 0 radical (unpaired) electrons. The fraction of sp³-hybridized carbons (Fsp3) is 0.467. The Hall–Kier alpha value is -1.20. The molecule has 20 heavy (non-hydrogen) atoms. The first-order valence-corrected chi connectivity index (χ1v) is 7.59. The van der Waals surface area contributed by atoms with E-state index in [1.54, 1.807) is 0 Å². The molecule has 0 fully saturated rings. The summed E-state index contributed by atoms with van der Waals surface area (Å²) in [4.78, 5) is 0. The Balaban J connectivity index is 1.98. The van der Waals surface area contributed by atoms with Crippen LogP contribution in [0.4, 0.5) is 0 Å². The third-order valence-corrected chi connectivity index (χ3v) is 4.10. The Morgan fingerprint density at radius 1 is 1.25 bits per heavy atom. The van der Waals surface area contributed by atoms with Gasteiger partial charge < -0.3 is 9.73 Å². The molecule has 0 aliphatic carbocycles. The lowest BCUT2D eigenvalue weighted by molar-refractivity contribution is 0.319. The average molecular weight is 338 g/mol. The standard InChI is InChI=1S/C15H20BrN3O/c1-4-15(2,3)10-17-9-13-18-19-14(20-13)11-7-5-6-8-12(11)16/h5-8,17H,4,9-10H2,1-3H3. The molecule has 0 amide bonds. The molecule has 0 saturated heterocycles. The normalized spacial score (nSPS) is 11.8. The SMILES string of the molecule is CCC(C)(C)CNCc1nnc(-c2ccccc2Br)o1. The molecule has 2 aromatic rings. The van der Waals surface area contributed by atoms with Crippen molar-refractivity contribution in [1.29, 1.82) is 0 Å². The average Bonchev–Trinajstić information content (AvgIpc) is 2.88. The minimum absolute atomic E-state index is 0.283. The van der Waals surface area contributed by atoms with Gasteiger partial charge in [0.2, 0.25) is 11.8 Å². The zero-order valence-electron chi connectivity index (χ0n) is 12.1. The second kappa shape index (κ2) is 6.50. The maximum atomic E-state index is 5.68. The molecule has 0 spiro atoms. The van der Waals surface area contributed by atoms with Crippen LogP contribution >= 0.6 is 15.9 Å². The topological polar surface area (TPSA) is 51.0 Å². The quantitative estimate of drug-likeness (QED) is 0.864. The number of nitrogens with one attached hydrogen (secondary N) is 1. The highest BCUT2D eigenvalue weighted by atomic mass is 79.9. The number of nitrogens with zero attached hydrogens (tertiary/aromatic N) is 2. The number of hydrogen-bond acceptors (Lipinski definition) is 4. The van der Waals surface area contributed by atoms with Gasteiger partial charge in [0.05, 0.1) is 12.1 Å². The van der Waals surface area contributed by atoms with Gasteiger partial charge in [0, 0.05) is 11.0 Å². The molecule has 108 valence electrons. The Morgan fingerprint density at radius 2 is 2.00 bits per heavy atom. The van der Waals surface area contributed by atoms with E-state index >= 15 is 0 Å². The summed E-state index contributed by atoms with van der Waals surface area (Å²) in [5.41, 5.74) is 1.20. The highest BCUT2D eigenvalue weighted by Crippen LogP contribution is 2.26. The van der Waals surface area contributed by atoms with Gasteiger partial charge in [-0.15, -0.1) is 10.2 Å². The van der Waals surface area contributed by atoms with E-state index in [4.69, 9.17) is 4.42 Å². The van der Waals surface area contributed by atoms with Crippen LogP contribution in [0.1, 0.15) is 33.1 Å². The van der Waals surface area contributed by atoms with Crippen molar-refractivity contribution in [2.75, 3.05) is 6.54 Å². The third-order valence-electron chi connectivity index (χ3n) is 3.41. The lowest BCUT2D eigenvalue weighted by Gasteiger charge is -2.22. The van der Waals surface area contributed by atoms with Crippen molar-refractivity contribution in [3.05, 3.63) is 34.6 Å². The summed E-state index contributed by atoms with van der Waals surface area (Å²) in [7, 11) is 0. The molecule has 1 aromatic heterocycles. The van der Waals surface area contributed by atoms with Crippen LogP contribution in [-0.2, 0) is 6.54 Å². The number of benzene rings is 1. The first-order chi connectivity index (χ1) is 9.52. The van der Waals surface area contributed by atoms with Crippen LogP contribution in [0.3, 0.4) is 0 Å². The highest BCUT2D eigenvalue weighted by molar-refractivity contribution is 9.10. The summed E-state index contributed by atoms with van der Waals surface area (Å²) in [6, 6.07) is 7.82. The molecule has 2 rings (SSSR count). The van der Waals surface area contributed by atoms with E-state index in [0.717, 1.165) is 23.0 Å². The van der Waals surface area contributed by atoms with Crippen molar-refractivity contribution in [3.63, 3.8) is 0 Å². The molecule has 0 unspecified atom stereocenters. The first-order valence-electron chi connectivity index (χ1n) is 6.80. The highest BCUT2D eigenvalue weighted by Gasteiger charge is 2.15. The summed E-state index contributed by atoms with van der Waals surface area (Å²) in [5.74, 6) is 1.16. The fourth-order valence-corrected chi connectivity index (χ4v) is 2.16. The number of rotatable bonds is 6. The summed E-state index contributed by atoms with van der Waals surface area (Å²) in [5, 5.41) is 11.5. The van der Waals surface area contributed by atoms with Crippen molar-refractivity contribution < 1.29 is 4.42 Å². The molecule has 0 aliphatic heterocycles. The molecule has 4 nitrogen and oxygen atoms in total. The second-order valence-corrected chi connectivity index (χ2v) is 6.46. The van der Waals surface area contributed by atoms with E-state index in [2.05, 4.69) is 52.2 Å². The molecule has 0 aliphatic rings. The van der Waals surface area contributed by atoms with Gasteiger partial charge in [-0.2, -0.15) is 0 Å². The van der Waals surface area contributed by atoms with Gasteiger partial charge in [0.15, 0.2) is 0 Å². The van der Waals surface area contributed by atoms with Crippen LogP contribution in [0, 0.1) is 5.41 Å². The zero-order valence-corrected chi connectivity index (χ0v) is 13.7. The second-order valence-electron chi connectivity index (χ2n) is 5.60. The van der Waals surface area contributed by atoms with Gasteiger partial charge >= 0.3 is 0 Å². The van der Waals surface area contributed by atoms with Gasteiger partial charge in [-0.25, -0.2) is 0 Å². The monoisotopic (exact) mass is 337 g/mol. The van der Waals surface area contributed by atoms with E-state index in [9.17, 15) is 0 Å². The lowest BCUT2D eigenvalue weighted by Crippen LogP contribution is -2.28. The third kappa shape index (κ3) is 3.90. The molecular weight excluding hydrogens is 318 g/mol. The van der Waals surface area contributed by atoms with Crippen molar-refractivity contribution in [1.82, 2.24) is 15.5 Å². The predicted octanol–water partition coefficient (Wildman–Crippen LogP) is 4.02. The van der Waals surface area contributed by atoms with Crippen LogP contribution < -0.4 is 5.32 Å². The van der Waals surface area contributed by atoms with Crippen LogP contribution in [0.2, 0.25) is 0 Å². The summed E-state index contributed by atoms with van der Waals surface area (Å²) in [6.45, 7) is 8.19. The molecular formula is C15H20BrN3O. The lowest BCUT2D eigenvalue weighted by atomic mass is 9.90. The maximum Gasteiger partial charge on any atom is 0.248 e. The predicted molar refractivity (Wildman–Crippen MR) is 83.2 cm³/mol. The van der Waals surface area contributed by atoms with Crippen molar-refractivity contribution >= 4 is 15.9 Å². The molecule has 0 saturated carbocycles. The molecule has 1 N–H and O–H groups in total. The van der Waals surface area contributed by atoms with Crippen LogP contribution in [0.25, 0.3) is 11.5 Å². The Kier molecular flexibility index (Phi) is 4.94. The van der Waals surface area contributed by atoms with Crippen molar-refractivity contribution in [2.45, 2.75) is 33.7 Å². The van der Waals surface area contributed by atoms with E-state index in [-0.39, 0.29) is 5.41 Å². The number of halogens is 1. The molecule has 1 aromatic carbocycles. The smallest absolute Gasteiger partial charge is 0.248 e. The van der Waals surface area contributed by atoms with Gasteiger partial charge in [-0.05, 0) is 39.9 Å². The summed E-state index contributed by atoms with van der Waals surface area (Å²) < 4.78 is 6.64. The number of hydrogen-bond donors (Lipinski definition) is 1. The molecule has 1 heterocycles. The first kappa shape index (κ1) is 15.2. The van der Waals surface area contributed by atoms with Crippen molar-refractivity contribution in [3.8, 4) is 11.5 Å². The molecule has 5 heteroatoms. The van der Waals surface area contributed by atoms with Gasteiger partial charge in [-0.3, -0.25) is 0 Å². The molecule has 0 bridgehead atoms. The minimum atomic E-state index is 0.283. The fourth-order valence-electron chi connectivity index (χ4n) is 1.70. The Morgan fingerprint density at radius 3 is 2.70 bits per heavy atom. The summed E-state index contributed by atoms with van der Waals surface area (Å²) >= 11 is 3.49. The largest absolute Gasteiger partial charge is 0.419 e. The van der Waals surface area contributed by atoms with Crippen molar-refractivity contribution in [2.24, 2.45) is 5.41 Å². The van der Waals surface area contributed by atoms with Crippen LogP contribution in [0.5, 0.6) is 0 Å². The summed E-state index contributed by atoms with van der Waals surface area (Å²) in [6.07, 6.45) is 1.13. The number of aromatic nitrogens is 2. The maximum absolute atomic E-state index is 5.68. The van der Waals surface area contributed by atoms with E-state index < -0.39 is 0 Å².